The number of rotatable bonds is 4. The molecule has 1 unspecified atom stereocenters. The minimum absolute atomic E-state index is 0.0556. The van der Waals surface area contributed by atoms with Crippen molar-refractivity contribution in [3.63, 3.8) is 0 Å². The molecule has 5 nitrogen and oxygen atoms in total. The van der Waals surface area contributed by atoms with Crippen LogP contribution < -0.4 is 11.1 Å². The van der Waals surface area contributed by atoms with Gasteiger partial charge in [-0.3, -0.25) is 4.57 Å². The van der Waals surface area contributed by atoms with Crippen molar-refractivity contribution < 1.29 is 8.83 Å². The molecule has 0 aliphatic rings. The fourth-order valence-corrected chi connectivity index (χ4v) is 2.58. The molecule has 5 heteroatoms. The number of nitrogens with zero attached hydrogens (tertiary/aromatic N) is 1. The lowest BCUT2D eigenvalue weighted by Crippen LogP contribution is -2.22. The Balaban J connectivity index is 2.11. The Morgan fingerprint density at radius 3 is 2.81 bits per heavy atom. The summed E-state index contributed by atoms with van der Waals surface area (Å²) < 4.78 is 12.4. The summed E-state index contributed by atoms with van der Waals surface area (Å²) in [5.41, 5.74) is 3.48. The van der Waals surface area contributed by atoms with Crippen LogP contribution in [-0.4, -0.2) is 11.1 Å². The lowest BCUT2D eigenvalue weighted by molar-refractivity contribution is 0.449. The van der Waals surface area contributed by atoms with Gasteiger partial charge in [-0.1, -0.05) is 13.0 Å². The van der Waals surface area contributed by atoms with Gasteiger partial charge in [0.1, 0.15) is 5.76 Å². The van der Waals surface area contributed by atoms with Crippen LogP contribution in [0.1, 0.15) is 29.9 Å². The van der Waals surface area contributed by atoms with Gasteiger partial charge in [-0.05, 0) is 42.8 Å². The van der Waals surface area contributed by atoms with Crippen LogP contribution in [0.15, 0.2) is 44.2 Å². The third-order valence-electron chi connectivity index (χ3n) is 3.72. The van der Waals surface area contributed by atoms with E-state index in [1.807, 2.05) is 38.1 Å². The highest BCUT2D eigenvalue weighted by Crippen LogP contribution is 2.27. The van der Waals surface area contributed by atoms with Crippen molar-refractivity contribution in [2.45, 2.75) is 19.9 Å². The Morgan fingerprint density at radius 1 is 1.33 bits per heavy atom. The molecule has 110 valence electrons. The number of nitrogens with one attached hydrogen (secondary N) is 1. The number of hydrogen-bond donors (Lipinski definition) is 1. The SMILES string of the molecule is CCNC(c1ccc2c(c1)oc(=O)n2C)c1occc1C. The molecule has 0 fully saturated rings. The van der Waals surface area contributed by atoms with Gasteiger partial charge in [0.2, 0.25) is 0 Å². The molecule has 2 aromatic heterocycles. The molecule has 0 saturated carbocycles. The number of aromatic nitrogens is 1. The average molecular weight is 286 g/mol. The highest BCUT2D eigenvalue weighted by atomic mass is 16.4. The topological polar surface area (TPSA) is 60.3 Å². The highest BCUT2D eigenvalue weighted by Gasteiger charge is 2.19. The van der Waals surface area contributed by atoms with Crippen LogP contribution in [0, 0.1) is 6.92 Å². The molecular weight excluding hydrogens is 268 g/mol. The van der Waals surface area contributed by atoms with Gasteiger partial charge in [-0.25, -0.2) is 4.79 Å². The molecule has 0 radical (unpaired) electrons. The van der Waals surface area contributed by atoms with Gasteiger partial charge >= 0.3 is 5.76 Å². The van der Waals surface area contributed by atoms with E-state index in [2.05, 4.69) is 5.32 Å². The minimum atomic E-state index is -0.351. The molecule has 0 spiro atoms. The minimum Gasteiger partial charge on any atom is -0.467 e. The first-order valence-electron chi connectivity index (χ1n) is 6.98. The summed E-state index contributed by atoms with van der Waals surface area (Å²) in [5, 5.41) is 3.41. The van der Waals surface area contributed by atoms with E-state index in [1.165, 1.54) is 4.57 Å². The third-order valence-corrected chi connectivity index (χ3v) is 3.72. The van der Waals surface area contributed by atoms with Crippen LogP contribution in [0.3, 0.4) is 0 Å². The van der Waals surface area contributed by atoms with Crippen molar-refractivity contribution in [2.24, 2.45) is 7.05 Å². The fourth-order valence-electron chi connectivity index (χ4n) is 2.58. The summed E-state index contributed by atoms with van der Waals surface area (Å²) in [6.07, 6.45) is 1.69. The van der Waals surface area contributed by atoms with Crippen molar-refractivity contribution in [2.75, 3.05) is 6.54 Å². The standard InChI is InChI=1S/C16H18N2O3/c1-4-17-14(15-10(2)7-8-20-15)11-5-6-12-13(9-11)21-16(19)18(12)3/h5-9,14,17H,4H2,1-3H3. The number of aryl methyl sites for hydroxylation is 2. The smallest absolute Gasteiger partial charge is 0.419 e. The zero-order valence-corrected chi connectivity index (χ0v) is 12.3. The van der Waals surface area contributed by atoms with Gasteiger partial charge in [-0.2, -0.15) is 0 Å². The van der Waals surface area contributed by atoms with Crippen LogP contribution in [0.2, 0.25) is 0 Å². The van der Waals surface area contributed by atoms with Gasteiger partial charge in [0.05, 0.1) is 17.8 Å². The van der Waals surface area contributed by atoms with Gasteiger partial charge in [0.25, 0.3) is 0 Å². The summed E-state index contributed by atoms with van der Waals surface area (Å²) in [6, 6.07) is 7.68. The number of oxazole rings is 1. The molecule has 0 amide bonds. The van der Waals surface area contributed by atoms with Gasteiger partial charge in [-0.15, -0.1) is 0 Å². The van der Waals surface area contributed by atoms with Crippen molar-refractivity contribution in [3.05, 3.63) is 58.0 Å². The van der Waals surface area contributed by atoms with Gasteiger partial charge < -0.3 is 14.2 Å². The lowest BCUT2D eigenvalue weighted by Gasteiger charge is -2.17. The monoisotopic (exact) mass is 286 g/mol. The maximum atomic E-state index is 11.6. The Bertz CT molecular complexity index is 826. The van der Waals surface area contributed by atoms with Crippen LogP contribution >= 0.6 is 0 Å². The summed E-state index contributed by atoms with van der Waals surface area (Å²) in [6.45, 7) is 4.87. The summed E-state index contributed by atoms with van der Waals surface area (Å²) in [7, 11) is 1.70. The second-order valence-electron chi connectivity index (χ2n) is 5.11. The van der Waals surface area contributed by atoms with E-state index in [-0.39, 0.29) is 11.8 Å². The lowest BCUT2D eigenvalue weighted by atomic mass is 10.0. The third kappa shape index (κ3) is 2.29. The van der Waals surface area contributed by atoms with Crippen molar-refractivity contribution in [3.8, 4) is 0 Å². The van der Waals surface area contributed by atoms with E-state index in [0.717, 1.165) is 28.9 Å². The first kappa shape index (κ1) is 13.7. The summed E-state index contributed by atoms with van der Waals surface area (Å²) in [4.78, 5) is 11.6. The molecule has 21 heavy (non-hydrogen) atoms. The predicted molar refractivity (Wildman–Crippen MR) is 80.4 cm³/mol. The maximum Gasteiger partial charge on any atom is 0.419 e. The van der Waals surface area contributed by atoms with E-state index in [0.29, 0.717) is 5.58 Å². The molecule has 1 atom stereocenters. The molecule has 2 heterocycles. The normalized spacial score (nSPS) is 12.9. The largest absolute Gasteiger partial charge is 0.467 e. The summed E-state index contributed by atoms with van der Waals surface area (Å²) in [5.74, 6) is 0.533. The number of hydrogen-bond acceptors (Lipinski definition) is 4. The van der Waals surface area contributed by atoms with Crippen molar-refractivity contribution in [1.29, 1.82) is 0 Å². The Hall–Kier alpha value is -2.27. The molecule has 0 aliphatic heterocycles. The van der Waals surface area contributed by atoms with Gasteiger partial charge in [0.15, 0.2) is 5.58 Å². The quantitative estimate of drug-likeness (QED) is 0.801. The van der Waals surface area contributed by atoms with Crippen LogP contribution in [0.5, 0.6) is 0 Å². The van der Waals surface area contributed by atoms with Crippen molar-refractivity contribution >= 4 is 11.1 Å². The number of benzene rings is 1. The Kier molecular flexibility index (Phi) is 3.43. The fraction of sp³-hybridized carbons (Fsp3) is 0.312. The van der Waals surface area contributed by atoms with E-state index in [9.17, 15) is 4.79 Å². The number of furan rings is 1. The van der Waals surface area contributed by atoms with Crippen LogP contribution in [0.25, 0.3) is 11.1 Å². The van der Waals surface area contributed by atoms with E-state index >= 15 is 0 Å². The Morgan fingerprint density at radius 2 is 2.14 bits per heavy atom. The highest BCUT2D eigenvalue weighted by molar-refractivity contribution is 5.74. The summed E-state index contributed by atoms with van der Waals surface area (Å²) >= 11 is 0. The molecule has 1 aromatic carbocycles. The molecule has 0 aliphatic carbocycles. The van der Waals surface area contributed by atoms with E-state index < -0.39 is 0 Å². The van der Waals surface area contributed by atoms with Gasteiger partial charge in [0, 0.05) is 7.05 Å². The average Bonchev–Trinajstić information content (AvgIpc) is 3.01. The zero-order valence-electron chi connectivity index (χ0n) is 12.3. The number of fused-ring (bicyclic) bond motifs is 1. The molecular formula is C16H18N2O3. The Labute approximate surface area is 122 Å². The molecule has 3 rings (SSSR count). The van der Waals surface area contributed by atoms with Crippen molar-refractivity contribution in [1.82, 2.24) is 9.88 Å². The molecule has 0 bridgehead atoms. The molecule has 3 aromatic rings. The second-order valence-corrected chi connectivity index (χ2v) is 5.11. The van der Waals surface area contributed by atoms with E-state index in [4.69, 9.17) is 8.83 Å². The molecule has 1 N–H and O–H groups in total. The van der Waals surface area contributed by atoms with Crippen LogP contribution in [-0.2, 0) is 7.05 Å². The maximum absolute atomic E-state index is 11.6. The van der Waals surface area contributed by atoms with E-state index in [1.54, 1.807) is 13.3 Å². The molecule has 0 saturated heterocycles. The first-order valence-corrected chi connectivity index (χ1v) is 6.98. The first-order chi connectivity index (χ1) is 10.1. The van der Waals surface area contributed by atoms with Crippen LogP contribution in [0.4, 0.5) is 0 Å². The predicted octanol–water partition coefficient (Wildman–Crippen LogP) is 2.73. The second kappa shape index (κ2) is 5.26. The zero-order chi connectivity index (χ0) is 15.0.